The molecule has 178 valence electrons. The van der Waals surface area contributed by atoms with Crippen LogP contribution in [0.4, 0.5) is 13.2 Å². The van der Waals surface area contributed by atoms with Gasteiger partial charge in [-0.25, -0.2) is 0 Å². The smallest absolute Gasteiger partial charge is 0.388 e. The van der Waals surface area contributed by atoms with Gasteiger partial charge in [-0.3, -0.25) is 4.98 Å². The van der Waals surface area contributed by atoms with Crippen LogP contribution >= 0.6 is 0 Å². The first-order chi connectivity index (χ1) is 15.5. The van der Waals surface area contributed by atoms with Crippen molar-refractivity contribution in [2.45, 2.75) is 90.2 Å². The Morgan fingerprint density at radius 2 is 1.85 bits per heavy atom. The van der Waals surface area contributed by atoms with Gasteiger partial charge in [-0.1, -0.05) is 39.8 Å². The highest BCUT2D eigenvalue weighted by Crippen LogP contribution is 2.60. The lowest BCUT2D eigenvalue weighted by molar-refractivity contribution is -0.137. The maximum atomic E-state index is 13.2. The summed E-state index contributed by atoms with van der Waals surface area (Å²) in [5, 5.41) is 11.3. The molecule has 2 aromatic rings. The summed E-state index contributed by atoms with van der Waals surface area (Å²) in [4.78, 5) is 5.04. The van der Waals surface area contributed by atoms with E-state index in [1.54, 1.807) is 0 Å². The summed E-state index contributed by atoms with van der Waals surface area (Å²) in [6.07, 6.45) is -0.386. The molecule has 2 heterocycles. The minimum Gasteiger partial charge on any atom is -0.388 e. The number of hydrogen-bond acceptors (Lipinski definition) is 3. The standard InChI is InChI=1S/C27H32F3NO2/c1-5-18-22-23(21-19(31-18)13-25(3,4)14-20(21)32)26(12-6-7-15(26)2)33-24(22)16-8-10-17(11-9-16)27(28,29)30/h8-11,15,20,24,32H,5-7,12-14H2,1-4H3. The predicted molar refractivity (Wildman–Crippen MR) is 120 cm³/mol. The maximum absolute atomic E-state index is 13.2. The fourth-order valence-electron chi connectivity index (χ4n) is 6.48. The molecule has 0 bridgehead atoms. The Morgan fingerprint density at radius 1 is 1.15 bits per heavy atom. The molecule has 0 radical (unpaired) electrons. The highest BCUT2D eigenvalue weighted by atomic mass is 19.4. The first-order valence-electron chi connectivity index (χ1n) is 12.1. The third kappa shape index (κ3) is 3.52. The number of hydrogen-bond donors (Lipinski definition) is 1. The second-order valence-electron chi connectivity index (χ2n) is 10.9. The number of alkyl halides is 3. The van der Waals surface area contributed by atoms with E-state index in [2.05, 4.69) is 27.7 Å². The summed E-state index contributed by atoms with van der Waals surface area (Å²) < 4.78 is 46.4. The minimum absolute atomic E-state index is 0.0423. The number of ether oxygens (including phenoxy) is 1. The van der Waals surface area contributed by atoms with E-state index in [0.29, 0.717) is 18.4 Å². The molecule has 3 aliphatic rings. The topological polar surface area (TPSA) is 42.4 Å². The maximum Gasteiger partial charge on any atom is 0.416 e. The molecular weight excluding hydrogens is 427 g/mol. The number of aliphatic hydroxyl groups excluding tert-OH is 1. The van der Waals surface area contributed by atoms with Crippen LogP contribution in [0.5, 0.6) is 0 Å². The SMILES string of the molecule is CCc1nc2c(c3c1C(c1ccc(C(F)(F)F)cc1)OC31CCCC1C)C(O)CC(C)(C)C2. The Kier molecular flexibility index (Phi) is 5.22. The summed E-state index contributed by atoms with van der Waals surface area (Å²) in [5.74, 6) is 0.258. The van der Waals surface area contributed by atoms with Gasteiger partial charge in [0.1, 0.15) is 6.10 Å². The highest BCUT2D eigenvalue weighted by Gasteiger charge is 2.55. The molecule has 6 heteroatoms. The van der Waals surface area contributed by atoms with E-state index in [9.17, 15) is 18.3 Å². The average Bonchev–Trinajstić information content (AvgIpc) is 3.27. The Hall–Kier alpha value is -1.92. The van der Waals surface area contributed by atoms with Gasteiger partial charge in [0.15, 0.2) is 0 Å². The lowest BCUT2D eigenvalue weighted by atomic mass is 9.70. The summed E-state index contributed by atoms with van der Waals surface area (Å²) in [6, 6.07) is 5.34. The fourth-order valence-corrected chi connectivity index (χ4v) is 6.48. The van der Waals surface area contributed by atoms with E-state index < -0.39 is 29.5 Å². The van der Waals surface area contributed by atoms with Crippen molar-refractivity contribution in [2.24, 2.45) is 11.3 Å². The van der Waals surface area contributed by atoms with Crippen molar-refractivity contribution in [1.29, 1.82) is 0 Å². The Bertz CT molecular complexity index is 1080. The zero-order valence-electron chi connectivity index (χ0n) is 19.7. The number of aromatic nitrogens is 1. The van der Waals surface area contributed by atoms with Crippen LogP contribution in [0.3, 0.4) is 0 Å². The van der Waals surface area contributed by atoms with Gasteiger partial charge in [-0.2, -0.15) is 13.2 Å². The number of aliphatic hydroxyl groups is 1. The third-order valence-corrected chi connectivity index (χ3v) is 8.03. The van der Waals surface area contributed by atoms with Crippen molar-refractivity contribution in [3.8, 4) is 0 Å². The van der Waals surface area contributed by atoms with Crippen molar-refractivity contribution in [3.63, 3.8) is 0 Å². The number of benzene rings is 1. The van der Waals surface area contributed by atoms with Gasteiger partial charge in [0.25, 0.3) is 0 Å². The van der Waals surface area contributed by atoms with E-state index in [4.69, 9.17) is 9.72 Å². The lowest BCUT2D eigenvalue weighted by Crippen LogP contribution is -2.34. The molecule has 1 spiro atoms. The van der Waals surface area contributed by atoms with Crippen LogP contribution in [-0.4, -0.2) is 10.1 Å². The zero-order chi connectivity index (χ0) is 23.8. The molecule has 3 nitrogen and oxygen atoms in total. The van der Waals surface area contributed by atoms with Gasteiger partial charge < -0.3 is 9.84 Å². The van der Waals surface area contributed by atoms with Gasteiger partial charge >= 0.3 is 6.18 Å². The van der Waals surface area contributed by atoms with E-state index in [1.165, 1.54) is 12.1 Å². The molecule has 4 unspecified atom stereocenters. The summed E-state index contributed by atoms with van der Waals surface area (Å²) in [7, 11) is 0. The molecule has 4 atom stereocenters. The van der Waals surface area contributed by atoms with Gasteiger partial charge in [0, 0.05) is 22.5 Å². The van der Waals surface area contributed by atoms with Crippen molar-refractivity contribution >= 4 is 0 Å². The summed E-state index contributed by atoms with van der Waals surface area (Å²) >= 11 is 0. The molecule has 1 aromatic heterocycles. The predicted octanol–water partition coefficient (Wildman–Crippen LogP) is 6.80. The molecule has 1 saturated carbocycles. The van der Waals surface area contributed by atoms with Crippen LogP contribution in [0.1, 0.15) is 105 Å². The number of fused-ring (bicyclic) bond motifs is 4. The average molecular weight is 460 g/mol. The molecule has 1 fully saturated rings. The third-order valence-electron chi connectivity index (χ3n) is 8.03. The number of nitrogens with zero attached hydrogens (tertiary/aromatic N) is 1. The first-order valence-corrected chi connectivity index (χ1v) is 12.1. The molecule has 1 aromatic carbocycles. The van der Waals surface area contributed by atoms with Gasteiger partial charge in [0.2, 0.25) is 0 Å². The molecule has 33 heavy (non-hydrogen) atoms. The Morgan fingerprint density at radius 3 is 2.42 bits per heavy atom. The molecule has 0 amide bonds. The molecule has 1 N–H and O–H groups in total. The van der Waals surface area contributed by atoms with Crippen LogP contribution in [0, 0.1) is 11.3 Å². The normalized spacial score (nSPS) is 30.5. The van der Waals surface area contributed by atoms with Crippen LogP contribution in [0.2, 0.25) is 0 Å². The number of aryl methyl sites for hydroxylation is 1. The van der Waals surface area contributed by atoms with Crippen LogP contribution in [0.15, 0.2) is 24.3 Å². The largest absolute Gasteiger partial charge is 0.416 e. The highest BCUT2D eigenvalue weighted by molar-refractivity contribution is 5.54. The lowest BCUT2D eigenvalue weighted by Gasteiger charge is -2.39. The van der Waals surface area contributed by atoms with Crippen molar-refractivity contribution in [3.05, 3.63) is 63.5 Å². The van der Waals surface area contributed by atoms with Gasteiger partial charge in [-0.15, -0.1) is 0 Å². The second kappa shape index (κ2) is 7.54. The van der Waals surface area contributed by atoms with Gasteiger partial charge in [-0.05, 0) is 73.1 Å². The van der Waals surface area contributed by atoms with Crippen LogP contribution in [-0.2, 0) is 29.4 Å². The molecule has 5 rings (SSSR count). The summed E-state index contributed by atoms with van der Waals surface area (Å²) in [5.41, 5.74) is 4.36. The van der Waals surface area contributed by atoms with Crippen LogP contribution < -0.4 is 0 Å². The van der Waals surface area contributed by atoms with E-state index in [1.807, 2.05) is 0 Å². The Balaban J connectivity index is 1.73. The van der Waals surface area contributed by atoms with Crippen molar-refractivity contribution in [1.82, 2.24) is 4.98 Å². The van der Waals surface area contributed by atoms with Crippen molar-refractivity contribution < 1.29 is 23.0 Å². The van der Waals surface area contributed by atoms with E-state index >= 15 is 0 Å². The first kappa shape index (κ1) is 22.9. The zero-order valence-corrected chi connectivity index (χ0v) is 19.7. The van der Waals surface area contributed by atoms with E-state index in [-0.39, 0.29) is 11.3 Å². The Labute approximate surface area is 193 Å². The summed E-state index contributed by atoms with van der Waals surface area (Å²) in [6.45, 7) is 8.58. The van der Waals surface area contributed by atoms with E-state index in [0.717, 1.165) is 65.9 Å². The molecular formula is C27H32F3NO2. The monoisotopic (exact) mass is 459 g/mol. The van der Waals surface area contributed by atoms with Crippen molar-refractivity contribution in [2.75, 3.05) is 0 Å². The quantitative estimate of drug-likeness (QED) is 0.537. The van der Waals surface area contributed by atoms with Gasteiger partial charge in [0.05, 0.1) is 17.3 Å². The second-order valence-corrected chi connectivity index (χ2v) is 10.9. The minimum atomic E-state index is -4.37. The number of rotatable bonds is 2. The molecule has 1 aliphatic heterocycles. The number of halogens is 3. The fraction of sp³-hybridized carbons (Fsp3) is 0.593. The molecule has 0 saturated heterocycles. The molecule has 2 aliphatic carbocycles. The number of pyridine rings is 1. The van der Waals surface area contributed by atoms with Crippen LogP contribution in [0.25, 0.3) is 0 Å².